The molecule has 1 aliphatic heterocycles. The lowest BCUT2D eigenvalue weighted by Crippen LogP contribution is -2.47. The summed E-state index contributed by atoms with van der Waals surface area (Å²) in [5, 5.41) is 9.23. The van der Waals surface area contributed by atoms with Crippen LogP contribution in [0.25, 0.3) is 0 Å². The van der Waals surface area contributed by atoms with Gasteiger partial charge in [0.1, 0.15) is 0 Å². The Labute approximate surface area is 119 Å². The summed E-state index contributed by atoms with van der Waals surface area (Å²) in [6, 6.07) is 4.51. The second kappa shape index (κ2) is 4.98. The number of hydrogen-bond acceptors (Lipinski definition) is 4. The molecule has 5 heteroatoms. The largest absolute Gasteiger partial charge is 0.478 e. The highest BCUT2D eigenvalue weighted by Crippen LogP contribution is 2.30. The average Bonchev–Trinajstić information content (AvgIpc) is 3.26. The molecule has 2 fully saturated rings. The first-order valence-electron chi connectivity index (χ1n) is 7.18. The number of aromatic carboxylic acids is 1. The Kier molecular flexibility index (Phi) is 3.30. The van der Waals surface area contributed by atoms with Crippen LogP contribution in [0.3, 0.4) is 0 Å². The quantitative estimate of drug-likeness (QED) is 0.819. The Balaban J connectivity index is 1.78. The van der Waals surface area contributed by atoms with E-state index in [4.69, 9.17) is 5.73 Å². The molecular formula is C15H21N3O2. The van der Waals surface area contributed by atoms with Crippen LogP contribution in [0.1, 0.15) is 28.8 Å². The SMILES string of the molecule is Cc1cc(N2CCN(C3CC3)CC2)cc(C(=O)O)c1N. The number of nitrogens with two attached hydrogens (primary N) is 1. The highest BCUT2D eigenvalue weighted by molar-refractivity contribution is 5.95. The van der Waals surface area contributed by atoms with Gasteiger partial charge in [-0.2, -0.15) is 0 Å². The fraction of sp³-hybridized carbons (Fsp3) is 0.533. The molecule has 0 amide bonds. The van der Waals surface area contributed by atoms with Crippen LogP contribution in [0.4, 0.5) is 11.4 Å². The van der Waals surface area contributed by atoms with Gasteiger partial charge in [0.15, 0.2) is 0 Å². The van der Waals surface area contributed by atoms with E-state index in [9.17, 15) is 9.90 Å². The summed E-state index contributed by atoms with van der Waals surface area (Å²) in [5.41, 5.74) is 8.24. The first-order chi connectivity index (χ1) is 9.56. The fourth-order valence-corrected chi connectivity index (χ4v) is 2.92. The average molecular weight is 275 g/mol. The van der Waals surface area contributed by atoms with Gasteiger partial charge in [-0.25, -0.2) is 4.79 Å². The summed E-state index contributed by atoms with van der Waals surface area (Å²) in [6.07, 6.45) is 2.67. The number of aryl methyl sites for hydroxylation is 1. The van der Waals surface area contributed by atoms with Crippen molar-refractivity contribution in [2.45, 2.75) is 25.8 Å². The van der Waals surface area contributed by atoms with Crippen molar-refractivity contribution in [3.05, 3.63) is 23.3 Å². The van der Waals surface area contributed by atoms with Gasteiger partial charge in [-0.15, -0.1) is 0 Å². The molecule has 2 aliphatic rings. The summed E-state index contributed by atoms with van der Waals surface area (Å²) in [4.78, 5) is 16.1. The number of benzene rings is 1. The van der Waals surface area contributed by atoms with Crippen molar-refractivity contribution in [3.8, 4) is 0 Å². The van der Waals surface area contributed by atoms with E-state index in [1.54, 1.807) is 6.07 Å². The molecule has 1 aromatic rings. The predicted octanol–water partition coefficient (Wildman–Crippen LogP) is 1.56. The molecule has 20 heavy (non-hydrogen) atoms. The molecule has 0 radical (unpaired) electrons. The van der Waals surface area contributed by atoms with Crippen LogP contribution in [0, 0.1) is 6.92 Å². The van der Waals surface area contributed by atoms with Crippen LogP contribution in [0.5, 0.6) is 0 Å². The van der Waals surface area contributed by atoms with Gasteiger partial charge in [-0.3, -0.25) is 4.90 Å². The van der Waals surface area contributed by atoms with Gasteiger partial charge in [-0.1, -0.05) is 0 Å². The highest BCUT2D eigenvalue weighted by Gasteiger charge is 2.31. The molecule has 1 saturated heterocycles. The normalized spacial score (nSPS) is 20.1. The summed E-state index contributed by atoms with van der Waals surface area (Å²) in [6.45, 7) is 5.91. The third-order valence-electron chi connectivity index (χ3n) is 4.34. The summed E-state index contributed by atoms with van der Waals surface area (Å²) >= 11 is 0. The minimum Gasteiger partial charge on any atom is -0.478 e. The maximum atomic E-state index is 11.3. The van der Waals surface area contributed by atoms with Crippen molar-refractivity contribution in [3.63, 3.8) is 0 Å². The number of carboxylic acid groups (broad SMARTS) is 1. The minimum absolute atomic E-state index is 0.213. The van der Waals surface area contributed by atoms with Gasteiger partial charge < -0.3 is 15.7 Å². The number of nitrogens with zero attached hydrogens (tertiary/aromatic N) is 2. The molecule has 1 aliphatic carbocycles. The third kappa shape index (κ3) is 2.45. The smallest absolute Gasteiger partial charge is 0.337 e. The number of anilines is 2. The zero-order valence-corrected chi connectivity index (χ0v) is 11.8. The predicted molar refractivity (Wildman–Crippen MR) is 79.4 cm³/mol. The van der Waals surface area contributed by atoms with Crippen LogP contribution in [-0.4, -0.2) is 48.2 Å². The first kappa shape index (κ1) is 13.2. The molecule has 3 N–H and O–H groups in total. The Morgan fingerprint density at radius 1 is 1.25 bits per heavy atom. The van der Waals surface area contributed by atoms with Crippen molar-refractivity contribution >= 4 is 17.3 Å². The van der Waals surface area contributed by atoms with Crippen LogP contribution in [0.2, 0.25) is 0 Å². The van der Waals surface area contributed by atoms with Crippen molar-refractivity contribution in [1.82, 2.24) is 4.90 Å². The molecule has 3 rings (SSSR count). The van der Waals surface area contributed by atoms with E-state index in [2.05, 4.69) is 9.80 Å². The van der Waals surface area contributed by atoms with Gasteiger partial charge in [0, 0.05) is 43.6 Å². The van der Waals surface area contributed by atoms with Crippen molar-refractivity contribution in [2.75, 3.05) is 36.8 Å². The monoisotopic (exact) mass is 275 g/mol. The Morgan fingerprint density at radius 3 is 2.45 bits per heavy atom. The van der Waals surface area contributed by atoms with E-state index in [1.165, 1.54) is 12.8 Å². The second-order valence-electron chi connectivity index (χ2n) is 5.78. The van der Waals surface area contributed by atoms with Crippen molar-refractivity contribution < 1.29 is 9.90 Å². The van der Waals surface area contributed by atoms with Gasteiger partial charge in [0.25, 0.3) is 0 Å². The molecule has 108 valence electrons. The molecule has 1 saturated carbocycles. The fourth-order valence-electron chi connectivity index (χ4n) is 2.92. The molecule has 1 aromatic carbocycles. The molecule has 0 spiro atoms. The van der Waals surface area contributed by atoms with E-state index in [1.807, 2.05) is 13.0 Å². The summed E-state index contributed by atoms with van der Waals surface area (Å²) in [5.74, 6) is -0.955. The topological polar surface area (TPSA) is 69.8 Å². The van der Waals surface area contributed by atoms with E-state index >= 15 is 0 Å². The number of nitrogen functional groups attached to an aromatic ring is 1. The summed E-state index contributed by atoms with van der Waals surface area (Å²) < 4.78 is 0. The Morgan fingerprint density at radius 2 is 1.90 bits per heavy atom. The highest BCUT2D eigenvalue weighted by atomic mass is 16.4. The lowest BCUT2D eigenvalue weighted by Gasteiger charge is -2.36. The third-order valence-corrected chi connectivity index (χ3v) is 4.34. The van der Waals surface area contributed by atoms with Gasteiger partial charge >= 0.3 is 5.97 Å². The molecule has 0 bridgehead atoms. The molecular weight excluding hydrogens is 254 g/mol. The van der Waals surface area contributed by atoms with E-state index in [0.29, 0.717) is 5.69 Å². The molecule has 0 atom stereocenters. The van der Waals surface area contributed by atoms with Crippen molar-refractivity contribution in [2.24, 2.45) is 0 Å². The number of hydrogen-bond donors (Lipinski definition) is 2. The van der Waals surface area contributed by atoms with Gasteiger partial charge in [0.05, 0.1) is 5.56 Å². The van der Waals surface area contributed by atoms with E-state index in [-0.39, 0.29) is 5.56 Å². The van der Waals surface area contributed by atoms with Crippen LogP contribution < -0.4 is 10.6 Å². The molecule has 0 unspecified atom stereocenters. The first-order valence-corrected chi connectivity index (χ1v) is 7.18. The lowest BCUT2D eigenvalue weighted by molar-refractivity contribution is 0.0698. The standard InChI is InChI=1S/C15H21N3O2/c1-10-8-12(9-13(14(10)16)15(19)20)18-6-4-17(5-7-18)11-2-3-11/h8-9,11H,2-7,16H2,1H3,(H,19,20). The van der Waals surface area contributed by atoms with Crippen LogP contribution >= 0.6 is 0 Å². The lowest BCUT2D eigenvalue weighted by atomic mass is 10.1. The molecule has 1 heterocycles. The number of carbonyl (C=O) groups is 1. The van der Waals surface area contributed by atoms with Crippen molar-refractivity contribution in [1.29, 1.82) is 0 Å². The maximum Gasteiger partial charge on any atom is 0.337 e. The number of rotatable bonds is 3. The Hall–Kier alpha value is -1.75. The van der Waals surface area contributed by atoms with Gasteiger partial charge in [0.2, 0.25) is 0 Å². The molecule has 0 aromatic heterocycles. The van der Waals surface area contributed by atoms with Crippen LogP contribution in [0.15, 0.2) is 12.1 Å². The zero-order chi connectivity index (χ0) is 14.3. The van der Waals surface area contributed by atoms with E-state index < -0.39 is 5.97 Å². The van der Waals surface area contributed by atoms with Gasteiger partial charge in [-0.05, 0) is 37.5 Å². The zero-order valence-electron chi connectivity index (χ0n) is 11.8. The number of piperazine rings is 1. The van der Waals surface area contributed by atoms with Crippen LogP contribution in [-0.2, 0) is 0 Å². The maximum absolute atomic E-state index is 11.3. The minimum atomic E-state index is -0.955. The number of carboxylic acids is 1. The van der Waals surface area contributed by atoms with E-state index in [0.717, 1.165) is 43.5 Å². The second-order valence-corrected chi connectivity index (χ2v) is 5.78. The molecule has 5 nitrogen and oxygen atoms in total. The summed E-state index contributed by atoms with van der Waals surface area (Å²) in [7, 11) is 0. The Bertz CT molecular complexity index is 532.